The van der Waals surface area contributed by atoms with Crippen LogP contribution in [0.15, 0.2) is 34.9 Å². The molecule has 1 aromatic heterocycles. The lowest BCUT2D eigenvalue weighted by molar-refractivity contribution is -0.385. The van der Waals surface area contributed by atoms with Gasteiger partial charge in [-0.2, -0.15) is 5.10 Å². The van der Waals surface area contributed by atoms with Crippen molar-refractivity contribution in [1.82, 2.24) is 10.2 Å². The molecule has 2 rings (SSSR count). The Kier molecular flexibility index (Phi) is 3.89. The second-order valence-corrected chi connectivity index (χ2v) is 4.41. The fourth-order valence-electron chi connectivity index (χ4n) is 1.42. The largest absolute Gasteiger partial charge is 0.435 e. The molecule has 102 valence electrons. The molecule has 20 heavy (non-hydrogen) atoms. The summed E-state index contributed by atoms with van der Waals surface area (Å²) in [4.78, 5) is 10.3. The third-order valence-electron chi connectivity index (χ3n) is 2.32. The molecule has 9 heteroatoms. The van der Waals surface area contributed by atoms with Crippen molar-refractivity contribution in [2.75, 3.05) is 0 Å². The number of aromatic nitrogens is 2. The number of amidine groups is 1. The van der Waals surface area contributed by atoms with E-state index >= 15 is 0 Å². The van der Waals surface area contributed by atoms with Gasteiger partial charge < -0.3 is 10.5 Å². The summed E-state index contributed by atoms with van der Waals surface area (Å²) >= 11 is 3.10. The number of rotatable bonds is 4. The molecule has 0 aliphatic rings. The average Bonchev–Trinajstić information content (AvgIpc) is 2.41. The first kappa shape index (κ1) is 13.9. The molecule has 8 nitrogen and oxygen atoms in total. The van der Waals surface area contributed by atoms with Crippen LogP contribution in [0.25, 0.3) is 0 Å². The molecule has 2 aromatic rings. The zero-order valence-corrected chi connectivity index (χ0v) is 11.5. The molecule has 0 aliphatic carbocycles. The van der Waals surface area contributed by atoms with Crippen molar-refractivity contribution in [2.24, 2.45) is 5.73 Å². The van der Waals surface area contributed by atoms with Crippen molar-refractivity contribution in [3.05, 3.63) is 50.6 Å². The van der Waals surface area contributed by atoms with E-state index in [4.69, 9.17) is 15.9 Å². The van der Waals surface area contributed by atoms with Crippen LogP contribution in [-0.4, -0.2) is 21.0 Å². The Balaban J connectivity index is 2.43. The van der Waals surface area contributed by atoms with Crippen LogP contribution in [0.3, 0.4) is 0 Å². The lowest BCUT2D eigenvalue weighted by Crippen LogP contribution is -2.13. The van der Waals surface area contributed by atoms with E-state index in [1.54, 1.807) is 0 Å². The van der Waals surface area contributed by atoms with Crippen molar-refractivity contribution in [3.63, 3.8) is 0 Å². The molecule has 0 fully saturated rings. The van der Waals surface area contributed by atoms with Crippen LogP contribution in [0.1, 0.15) is 5.56 Å². The van der Waals surface area contributed by atoms with E-state index < -0.39 is 4.92 Å². The molecule has 0 amide bonds. The van der Waals surface area contributed by atoms with Crippen molar-refractivity contribution in [1.29, 1.82) is 5.41 Å². The van der Waals surface area contributed by atoms with E-state index in [-0.39, 0.29) is 33.2 Å². The Hall–Kier alpha value is -2.55. The van der Waals surface area contributed by atoms with E-state index in [0.29, 0.717) is 0 Å². The summed E-state index contributed by atoms with van der Waals surface area (Å²) in [5.74, 6) is -0.0557. The first-order chi connectivity index (χ1) is 9.50. The molecular formula is C11H8BrN5O3. The molecule has 0 atom stereocenters. The predicted molar refractivity (Wildman–Crippen MR) is 73.9 cm³/mol. The van der Waals surface area contributed by atoms with Crippen LogP contribution in [0, 0.1) is 15.5 Å². The third-order valence-corrected chi connectivity index (χ3v) is 3.12. The molecule has 0 unspecified atom stereocenters. The quantitative estimate of drug-likeness (QED) is 0.381. The van der Waals surface area contributed by atoms with Crippen molar-refractivity contribution >= 4 is 27.5 Å². The summed E-state index contributed by atoms with van der Waals surface area (Å²) in [6, 6.07) is 5.80. The zero-order valence-electron chi connectivity index (χ0n) is 9.91. The molecule has 0 aliphatic heterocycles. The monoisotopic (exact) mass is 337 g/mol. The molecule has 3 N–H and O–H groups in total. The normalized spacial score (nSPS) is 10.1. The Morgan fingerprint density at radius 3 is 2.85 bits per heavy atom. The Bertz CT molecular complexity index is 692. The maximum atomic E-state index is 10.8. The molecule has 0 saturated carbocycles. The molecule has 0 radical (unpaired) electrons. The number of ether oxygens (including phenoxy) is 1. The van der Waals surface area contributed by atoms with Gasteiger partial charge in [0.25, 0.3) is 5.69 Å². The first-order valence-electron chi connectivity index (χ1n) is 5.27. The highest BCUT2D eigenvalue weighted by atomic mass is 79.9. The van der Waals surface area contributed by atoms with Crippen molar-refractivity contribution in [3.8, 4) is 11.6 Å². The number of nitrogens with zero attached hydrogens (tertiary/aromatic N) is 3. The van der Waals surface area contributed by atoms with Gasteiger partial charge in [0.1, 0.15) is 10.3 Å². The zero-order chi connectivity index (χ0) is 14.7. The summed E-state index contributed by atoms with van der Waals surface area (Å²) in [7, 11) is 0. The van der Waals surface area contributed by atoms with Gasteiger partial charge in [0.05, 0.1) is 16.7 Å². The number of benzene rings is 1. The summed E-state index contributed by atoms with van der Waals surface area (Å²) in [5.41, 5.74) is 5.51. The van der Waals surface area contributed by atoms with Crippen LogP contribution in [0.2, 0.25) is 0 Å². The maximum Gasteiger partial charge on any atom is 0.287 e. The number of nitro benzene ring substituents is 1. The molecule has 0 bridgehead atoms. The van der Waals surface area contributed by atoms with E-state index in [9.17, 15) is 10.1 Å². The summed E-state index contributed by atoms with van der Waals surface area (Å²) in [6.45, 7) is 0. The van der Waals surface area contributed by atoms with Crippen LogP contribution >= 0.6 is 15.9 Å². The minimum atomic E-state index is -0.542. The third kappa shape index (κ3) is 2.72. The summed E-state index contributed by atoms with van der Waals surface area (Å²) in [6.07, 6.45) is 1.37. The Labute approximate surface area is 121 Å². The van der Waals surface area contributed by atoms with Gasteiger partial charge in [0, 0.05) is 6.07 Å². The molecule has 1 heterocycles. The van der Waals surface area contributed by atoms with Gasteiger partial charge in [-0.3, -0.25) is 15.5 Å². The Morgan fingerprint density at radius 2 is 2.20 bits per heavy atom. The second kappa shape index (κ2) is 5.61. The number of nitrogens with one attached hydrogen (secondary N) is 1. The first-order valence-corrected chi connectivity index (χ1v) is 6.07. The maximum absolute atomic E-state index is 10.8. The van der Waals surface area contributed by atoms with Gasteiger partial charge in [-0.1, -0.05) is 6.07 Å². The van der Waals surface area contributed by atoms with E-state index in [1.807, 2.05) is 0 Å². The second-order valence-electron chi connectivity index (χ2n) is 3.61. The SMILES string of the molecule is N=C(N)c1ccnnc1Oc1cccc([N+](=O)[O-])c1Br. The van der Waals surface area contributed by atoms with Gasteiger partial charge >= 0.3 is 0 Å². The van der Waals surface area contributed by atoms with Gasteiger partial charge in [0.15, 0.2) is 5.75 Å². The highest BCUT2D eigenvalue weighted by Crippen LogP contribution is 2.36. The van der Waals surface area contributed by atoms with E-state index in [0.717, 1.165) is 0 Å². The van der Waals surface area contributed by atoms with E-state index in [1.165, 1.54) is 30.5 Å². The molecular weight excluding hydrogens is 330 g/mol. The number of nitro groups is 1. The summed E-state index contributed by atoms with van der Waals surface area (Å²) in [5, 5.41) is 25.6. The topological polar surface area (TPSA) is 128 Å². The van der Waals surface area contributed by atoms with Crippen LogP contribution in [0.4, 0.5) is 5.69 Å². The smallest absolute Gasteiger partial charge is 0.287 e. The highest BCUT2D eigenvalue weighted by molar-refractivity contribution is 9.10. The number of hydrogen-bond donors (Lipinski definition) is 2. The van der Waals surface area contributed by atoms with Crippen LogP contribution in [0.5, 0.6) is 11.6 Å². The molecule has 0 saturated heterocycles. The fourth-order valence-corrected chi connectivity index (χ4v) is 1.91. The van der Waals surface area contributed by atoms with E-state index in [2.05, 4.69) is 26.1 Å². The minimum Gasteiger partial charge on any atom is -0.435 e. The lowest BCUT2D eigenvalue weighted by Gasteiger charge is -2.09. The van der Waals surface area contributed by atoms with Gasteiger partial charge in [0.2, 0.25) is 5.88 Å². The number of halogens is 1. The van der Waals surface area contributed by atoms with Crippen molar-refractivity contribution < 1.29 is 9.66 Å². The molecule has 0 spiro atoms. The summed E-state index contributed by atoms with van der Waals surface area (Å²) < 4.78 is 5.62. The number of nitrogen functional groups attached to an aromatic ring is 1. The highest BCUT2D eigenvalue weighted by Gasteiger charge is 2.18. The predicted octanol–water partition coefficient (Wildman–Crippen LogP) is 2.22. The standard InChI is InChI=1S/C11H8BrN5O3/c12-9-7(17(18)19)2-1-3-8(9)20-11-6(10(13)14)4-5-15-16-11/h1-5H,(H3,13,14). The average molecular weight is 338 g/mol. The number of hydrogen-bond acceptors (Lipinski definition) is 6. The lowest BCUT2D eigenvalue weighted by atomic mass is 10.2. The van der Waals surface area contributed by atoms with Crippen molar-refractivity contribution in [2.45, 2.75) is 0 Å². The fraction of sp³-hybridized carbons (Fsp3) is 0. The van der Waals surface area contributed by atoms with Gasteiger partial charge in [-0.15, -0.1) is 5.10 Å². The van der Waals surface area contributed by atoms with Gasteiger partial charge in [-0.05, 0) is 28.1 Å². The Morgan fingerprint density at radius 1 is 1.45 bits per heavy atom. The number of nitrogens with two attached hydrogens (primary N) is 1. The van der Waals surface area contributed by atoms with Crippen LogP contribution in [-0.2, 0) is 0 Å². The van der Waals surface area contributed by atoms with Crippen LogP contribution < -0.4 is 10.5 Å². The minimum absolute atomic E-state index is 0.00111. The van der Waals surface area contributed by atoms with Gasteiger partial charge in [-0.25, -0.2) is 0 Å². The molecule has 1 aromatic carbocycles.